The lowest BCUT2D eigenvalue weighted by molar-refractivity contribution is 0.454. The molecule has 2 aromatic rings. The molecule has 0 aliphatic rings. The summed E-state index contributed by atoms with van der Waals surface area (Å²) in [5, 5.41) is 3.10. The standard InChI is InChI=1S/C14H15BrFN3O/c1-3-6-17-14-18-9(2)7-13(19-14)20-12-8-10(16)4-5-11(12)15/h4-5,7-8H,3,6H2,1-2H3,(H,17,18,19). The largest absolute Gasteiger partial charge is 0.438 e. The van der Waals surface area contributed by atoms with Crippen LogP contribution in [0, 0.1) is 12.7 Å². The van der Waals surface area contributed by atoms with Gasteiger partial charge in [0.2, 0.25) is 11.8 Å². The van der Waals surface area contributed by atoms with Crippen molar-refractivity contribution in [1.29, 1.82) is 0 Å². The zero-order valence-electron chi connectivity index (χ0n) is 11.3. The summed E-state index contributed by atoms with van der Waals surface area (Å²) in [7, 11) is 0. The minimum absolute atomic E-state index is 0.363. The number of aromatic nitrogens is 2. The van der Waals surface area contributed by atoms with Crippen molar-refractivity contribution >= 4 is 21.9 Å². The second kappa shape index (κ2) is 6.65. The number of nitrogens with zero attached hydrogens (tertiary/aromatic N) is 2. The summed E-state index contributed by atoms with van der Waals surface area (Å²) >= 11 is 3.32. The SMILES string of the molecule is CCCNc1nc(C)cc(Oc2cc(F)ccc2Br)n1. The highest BCUT2D eigenvalue weighted by Gasteiger charge is 2.08. The molecule has 0 spiro atoms. The van der Waals surface area contributed by atoms with Crippen LogP contribution in [0.15, 0.2) is 28.7 Å². The molecule has 0 saturated heterocycles. The van der Waals surface area contributed by atoms with E-state index in [2.05, 4.69) is 38.1 Å². The van der Waals surface area contributed by atoms with Crippen molar-refractivity contribution in [3.8, 4) is 11.6 Å². The van der Waals surface area contributed by atoms with E-state index in [4.69, 9.17) is 4.74 Å². The second-order valence-corrected chi connectivity index (χ2v) is 5.13. The molecule has 0 radical (unpaired) electrons. The molecule has 0 unspecified atom stereocenters. The topological polar surface area (TPSA) is 47.0 Å². The first kappa shape index (κ1) is 14.7. The van der Waals surface area contributed by atoms with E-state index in [0.29, 0.717) is 22.1 Å². The number of halogens is 2. The van der Waals surface area contributed by atoms with E-state index in [1.54, 1.807) is 12.1 Å². The minimum atomic E-state index is -0.363. The number of benzene rings is 1. The van der Waals surface area contributed by atoms with Gasteiger partial charge in [-0.2, -0.15) is 4.98 Å². The average Bonchev–Trinajstić information content (AvgIpc) is 2.40. The summed E-state index contributed by atoms with van der Waals surface area (Å²) in [5.41, 5.74) is 0.779. The van der Waals surface area contributed by atoms with Crippen LogP contribution < -0.4 is 10.1 Å². The number of hydrogen-bond donors (Lipinski definition) is 1. The second-order valence-electron chi connectivity index (χ2n) is 4.27. The van der Waals surface area contributed by atoms with E-state index in [0.717, 1.165) is 18.7 Å². The first-order valence-corrected chi connectivity index (χ1v) is 7.10. The molecule has 106 valence electrons. The summed E-state index contributed by atoms with van der Waals surface area (Å²) in [6.07, 6.45) is 0.975. The Morgan fingerprint density at radius 2 is 2.10 bits per heavy atom. The van der Waals surface area contributed by atoms with E-state index < -0.39 is 0 Å². The van der Waals surface area contributed by atoms with E-state index in [1.807, 2.05) is 6.92 Å². The lowest BCUT2D eigenvalue weighted by Crippen LogP contribution is -2.05. The molecule has 0 amide bonds. The van der Waals surface area contributed by atoms with Crippen molar-refractivity contribution in [2.45, 2.75) is 20.3 Å². The van der Waals surface area contributed by atoms with Gasteiger partial charge in [0.1, 0.15) is 11.6 Å². The lowest BCUT2D eigenvalue weighted by atomic mass is 10.3. The number of anilines is 1. The van der Waals surface area contributed by atoms with E-state index in [9.17, 15) is 4.39 Å². The van der Waals surface area contributed by atoms with E-state index in [-0.39, 0.29) is 5.82 Å². The highest BCUT2D eigenvalue weighted by molar-refractivity contribution is 9.10. The molecule has 1 N–H and O–H groups in total. The molecule has 1 aromatic carbocycles. The Kier molecular flexibility index (Phi) is 4.89. The van der Waals surface area contributed by atoms with Crippen molar-refractivity contribution in [2.24, 2.45) is 0 Å². The highest BCUT2D eigenvalue weighted by Crippen LogP contribution is 2.29. The predicted octanol–water partition coefficient (Wildman–Crippen LogP) is 4.30. The molecule has 2 rings (SSSR count). The number of hydrogen-bond acceptors (Lipinski definition) is 4. The van der Waals surface area contributed by atoms with Crippen LogP contribution in [-0.2, 0) is 0 Å². The summed E-state index contributed by atoms with van der Waals surface area (Å²) in [5.74, 6) is 0.902. The van der Waals surface area contributed by atoms with Gasteiger partial charge in [0.05, 0.1) is 4.47 Å². The third-order valence-electron chi connectivity index (χ3n) is 2.47. The lowest BCUT2D eigenvalue weighted by Gasteiger charge is -2.10. The fourth-order valence-electron chi connectivity index (χ4n) is 1.58. The molecule has 20 heavy (non-hydrogen) atoms. The molecule has 1 aromatic heterocycles. The zero-order valence-corrected chi connectivity index (χ0v) is 12.9. The maximum absolute atomic E-state index is 13.2. The maximum atomic E-state index is 13.2. The van der Waals surface area contributed by atoms with Gasteiger partial charge in [-0.3, -0.25) is 0 Å². The molecule has 4 nitrogen and oxygen atoms in total. The smallest absolute Gasteiger partial charge is 0.226 e. The van der Waals surface area contributed by atoms with E-state index >= 15 is 0 Å². The molecule has 0 saturated carbocycles. The molecular weight excluding hydrogens is 325 g/mol. The molecule has 0 fully saturated rings. The molecule has 0 atom stereocenters. The number of aryl methyl sites for hydroxylation is 1. The van der Waals surface area contributed by atoms with Crippen LogP contribution in [0.5, 0.6) is 11.6 Å². The normalized spacial score (nSPS) is 10.4. The summed E-state index contributed by atoms with van der Waals surface area (Å²) in [4.78, 5) is 8.51. The van der Waals surface area contributed by atoms with E-state index in [1.165, 1.54) is 12.1 Å². The number of rotatable bonds is 5. The number of ether oxygens (including phenoxy) is 1. The Labute approximate surface area is 125 Å². The molecule has 0 aliphatic heterocycles. The Balaban J connectivity index is 2.24. The van der Waals surface area contributed by atoms with Crippen LogP contribution in [0.2, 0.25) is 0 Å². The summed E-state index contributed by atoms with van der Waals surface area (Å²) in [6.45, 7) is 4.70. The molecule has 0 aliphatic carbocycles. The van der Waals surface area contributed by atoms with Gasteiger partial charge in [0.15, 0.2) is 0 Å². The van der Waals surface area contributed by atoms with Crippen LogP contribution in [0.3, 0.4) is 0 Å². The van der Waals surface area contributed by atoms with Crippen LogP contribution in [0.4, 0.5) is 10.3 Å². The van der Waals surface area contributed by atoms with Crippen LogP contribution in [0.1, 0.15) is 19.0 Å². The highest BCUT2D eigenvalue weighted by atomic mass is 79.9. The van der Waals surface area contributed by atoms with Gasteiger partial charge in [-0.05, 0) is 41.4 Å². The van der Waals surface area contributed by atoms with Crippen molar-refractivity contribution < 1.29 is 9.13 Å². The third kappa shape index (κ3) is 3.90. The first-order chi connectivity index (χ1) is 9.58. The quantitative estimate of drug-likeness (QED) is 0.882. The van der Waals surface area contributed by atoms with Crippen molar-refractivity contribution in [2.75, 3.05) is 11.9 Å². The summed E-state index contributed by atoms with van der Waals surface area (Å²) < 4.78 is 19.5. The zero-order chi connectivity index (χ0) is 14.5. The Bertz CT molecular complexity index is 607. The third-order valence-corrected chi connectivity index (χ3v) is 3.13. The van der Waals surface area contributed by atoms with Gasteiger partial charge in [-0.15, -0.1) is 0 Å². The molecular formula is C14H15BrFN3O. The van der Waals surface area contributed by atoms with Gasteiger partial charge >= 0.3 is 0 Å². The van der Waals surface area contributed by atoms with Crippen molar-refractivity contribution in [1.82, 2.24) is 9.97 Å². The van der Waals surface area contributed by atoms with Gasteiger partial charge in [-0.25, -0.2) is 9.37 Å². The van der Waals surface area contributed by atoms with Gasteiger partial charge in [0.25, 0.3) is 0 Å². The minimum Gasteiger partial charge on any atom is -0.438 e. The number of nitrogens with one attached hydrogen (secondary N) is 1. The summed E-state index contributed by atoms with van der Waals surface area (Å²) in [6, 6.07) is 5.96. The van der Waals surface area contributed by atoms with Gasteiger partial charge in [-0.1, -0.05) is 6.92 Å². The fraction of sp³-hybridized carbons (Fsp3) is 0.286. The Morgan fingerprint density at radius 1 is 1.30 bits per heavy atom. The Morgan fingerprint density at radius 3 is 2.85 bits per heavy atom. The monoisotopic (exact) mass is 339 g/mol. The van der Waals surface area contributed by atoms with Gasteiger partial charge < -0.3 is 10.1 Å². The maximum Gasteiger partial charge on any atom is 0.226 e. The van der Waals surface area contributed by atoms with Crippen molar-refractivity contribution in [3.05, 3.63) is 40.2 Å². The van der Waals surface area contributed by atoms with Crippen LogP contribution in [-0.4, -0.2) is 16.5 Å². The average molecular weight is 340 g/mol. The molecule has 6 heteroatoms. The van der Waals surface area contributed by atoms with Crippen molar-refractivity contribution in [3.63, 3.8) is 0 Å². The predicted molar refractivity (Wildman–Crippen MR) is 79.7 cm³/mol. The van der Waals surface area contributed by atoms with Crippen LogP contribution in [0.25, 0.3) is 0 Å². The molecule has 0 bridgehead atoms. The first-order valence-electron chi connectivity index (χ1n) is 6.31. The Hall–Kier alpha value is -1.69. The van der Waals surface area contributed by atoms with Gasteiger partial charge in [0, 0.05) is 24.4 Å². The fourth-order valence-corrected chi connectivity index (χ4v) is 1.90. The molecule has 1 heterocycles. The van der Waals surface area contributed by atoms with Crippen LogP contribution >= 0.6 is 15.9 Å².